The maximum atomic E-state index is 12.7. The summed E-state index contributed by atoms with van der Waals surface area (Å²) in [5.74, 6) is -0.269. The van der Waals surface area contributed by atoms with Gasteiger partial charge in [-0.15, -0.1) is 6.58 Å². The first kappa shape index (κ1) is 13.2. The molecule has 0 aliphatic heterocycles. The van der Waals surface area contributed by atoms with Crippen molar-refractivity contribution in [2.75, 3.05) is 7.11 Å². The third-order valence-corrected chi connectivity index (χ3v) is 2.35. The van der Waals surface area contributed by atoms with Gasteiger partial charge in [0.15, 0.2) is 0 Å². The zero-order chi connectivity index (χ0) is 12.7. The van der Waals surface area contributed by atoms with Crippen molar-refractivity contribution in [2.24, 2.45) is 0 Å². The largest absolute Gasteiger partial charge is 0.453 e. The molecule has 3 nitrogen and oxygen atoms in total. The van der Waals surface area contributed by atoms with Crippen LogP contribution in [0.4, 0.5) is 9.18 Å². The Kier molecular flexibility index (Phi) is 5.20. The third kappa shape index (κ3) is 4.68. The second-order valence-corrected chi connectivity index (χ2v) is 3.69. The molecule has 1 amide bonds. The van der Waals surface area contributed by atoms with Gasteiger partial charge in [-0.3, -0.25) is 0 Å². The van der Waals surface area contributed by atoms with Gasteiger partial charge in [0.25, 0.3) is 0 Å². The molecule has 17 heavy (non-hydrogen) atoms. The first-order valence-corrected chi connectivity index (χ1v) is 5.35. The Hall–Kier alpha value is -1.84. The maximum Gasteiger partial charge on any atom is 0.407 e. The van der Waals surface area contributed by atoms with Crippen LogP contribution in [0.2, 0.25) is 0 Å². The number of halogens is 1. The van der Waals surface area contributed by atoms with Crippen LogP contribution in [0.3, 0.4) is 0 Å². The van der Waals surface area contributed by atoms with E-state index in [0.29, 0.717) is 12.8 Å². The molecule has 0 fully saturated rings. The molecule has 0 radical (unpaired) electrons. The zero-order valence-electron chi connectivity index (χ0n) is 9.78. The Labute approximate surface area is 100 Å². The molecule has 92 valence electrons. The van der Waals surface area contributed by atoms with Crippen LogP contribution in [-0.4, -0.2) is 19.2 Å². The summed E-state index contributed by atoms with van der Waals surface area (Å²) < 4.78 is 17.3. The Balaban J connectivity index is 2.62. The lowest BCUT2D eigenvalue weighted by molar-refractivity contribution is 0.166. The summed E-state index contributed by atoms with van der Waals surface area (Å²) in [5.41, 5.74) is 0.953. The molecule has 0 aromatic heterocycles. The fourth-order valence-corrected chi connectivity index (χ4v) is 1.53. The van der Waals surface area contributed by atoms with Gasteiger partial charge in [0.2, 0.25) is 0 Å². The normalized spacial score (nSPS) is 11.6. The molecule has 0 heterocycles. The minimum Gasteiger partial charge on any atom is -0.453 e. The van der Waals surface area contributed by atoms with Gasteiger partial charge in [0.1, 0.15) is 5.82 Å². The van der Waals surface area contributed by atoms with E-state index in [4.69, 9.17) is 0 Å². The van der Waals surface area contributed by atoms with Crippen molar-refractivity contribution in [1.29, 1.82) is 0 Å². The van der Waals surface area contributed by atoms with Crippen molar-refractivity contribution < 1.29 is 13.9 Å². The van der Waals surface area contributed by atoms with Crippen molar-refractivity contribution in [2.45, 2.75) is 18.9 Å². The summed E-state index contributed by atoms with van der Waals surface area (Å²) in [4.78, 5) is 11.1. The van der Waals surface area contributed by atoms with Crippen molar-refractivity contribution in [3.63, 3.8) is 0 Å². The van der Waals surface area contributed by atoms with Crippen LogP contribution in [0.5, 0.6) is 0 Å². The number of ether oxygens (including phenoxy) is 1. The average molecular weight is 237 g/mol. The lowest BCUT2D eigenvalue weighted by Gasteiger charge is -2.16. The van der Waals surface area contributed by atoms with Crippen molar-refractivity contribution in [3.8, 4) is 0 Å². The van der Waals surface area contributed by atoms with E-state index >= 15 is 0 Å². The van der Waals surface area contributed by atoms with E-state index in [1.807, 2.05) is 0 Å². The van der Waals surface area contributed by atoms with Gasteiger partial charge < -0.3 is 10.1 Å². The maximum absolute atomic E-state index is 12.7. The van der Waals surface area contributed by atoms with E-state index < -0.39 is 6.09 Å². The SMILES string of the molecule is C=CC[C@@H](Cc1ccc(F)cc1)NC(=O)OC. The number of hydrogen-bond acceptors (Lipinski definition) is 2. The first-order valence-electron chi connectivity index (χ1n) is 5.35. The van der Waals surface area contributed by atoms with Gasteiger partial charge in [-0.1, -0.05) is 18.2 Å². The number of rotatable bonds is 5. The Morgan fingerprint density at radius 2 is 2.18 bits per heavy atom. The minimum absolute atomic E-state index is 0.0922. The standard InChI is InChI=1S/C13H16FNO2/c1-3-4-12(15-13(16)17-2)9-10-5-7-11(14)8-6-10/h3,5-8,12H,1,4,9H2,2H3,(H,15,16)/t12-/m0/s1. The highest BCUT2D eigenvalue weighted by Gasteiger charge is 2.11. The number of amides is 1. The highest BCUT2D eigenvalue weighted by Crippen LogP contribution is 2.08. The van der Waals surface area contributed by atoms with Crippen LogP contribution < -0.4 is 5.32 Å². The third-order valence-electron chi connectivity index (χ3n) is 2.35. The number of carbonyl (C=O) groups is 1. The predicted octanol–water partition coefficient (Wildman–Crippen LogP) is 2.67. The number of hydrogen-bond donors (Lipinski definition) is 1. The Morgan fingerprint density at radius 1 is 1.53 bits per heavy atom. The van der Waals surface area contributed by atoms with Crippen molar-refractivity contribution in [3.05, 3.63) is 48.3 Å². The summed E-state index contributed by atoms with van der Waals surface area (Å²) in [6.45, 7) is 3.64. The summed E-state index contributed by atoms with van der Waals surface area (Å²) in [5, 5.41) is 2.70. The number of methoxy groups -OCH3 is 1. The lowest BCUT2D eigenvalue weighted by Crippen LogP contribution is -2.35. The molecular weight excluding hydrogens is 221 g/mol. The summed E-state index contributed by atoms with van der Waals surface area (Å²) >= 11 is 0. The number of carbonyl (C=O) groups excluding carboxylic acids is 1. The van der Waals surface area contributed by atoms with Crippen molar-refractivity contribution in [1.82, 2.24) is 5.32 Å². The number of nitrogens with one attached hydrogen (secondary N) is 1. The molecule has 1 rings (SSSR count). The molecule has 1 atom stereocenters. The minimum atomic E-state index is -0.473. The van der Waals surface area contributed by atoms with E-state index in [1.54, 1.807) is 18.2 Å². The topological polar surface area (TPSA) is 38.3 Å². The average Bonchev–Trinajstić information content (AvgIpc) is 2.32. The van der Waals surface area contributed by atoms with Crippen LogP contribution in [0, 0.1) is 5.82 Å². The summed E-state index contributed by atoms with van der Waals surface area (Å²) in [6.07, 6.45) is 2.50. The first-order chi connectivity index (χ1) is 8.15. The summed E-state index contributed by atoms with van der Waals surface area (Å²) in [7, 11) is 1.32. The molecule has 0 aliphatic carbocycles. The lowest BCUT2D eigenvalue weighted by atomic mass is 10.0. The molecule has 0 unspecified atom stereocenters. The van der Waals surface area contributed by atoms with E-state index in [1.165, 1.54) is 19.2 Å². The van der Waals surface area contributed by atoms with Crippen LogP contribution >= 0.6 is 0 Å². The van der Waals surface area contributed by atoms with E-state index in [0.717, 1.165) is 5.56 Å². The second kappa shape index (κ2) is 6.68. The van der Waals surface area contributed by atoms with Crippen molar-refractivity contribution >= 4 is 6.09 Å². The smallest absolute Gasteiger partial charge is 0.407 e. The predicted molar refractivity (Wildman–Crippen MR) is 64.2 cm³/mol. The van der Waals surface area contributed by atoms with Gasteiger partial charge >= 0.3 is 6.09 Å². The van der Waals surface area contributed by atoms with Gasteiger partial charge in [-0.05, 0) is 30.5 Å². The monoisotopic (exact) mass is 237 g/mol. The molecule has 0 aliphatic rings. The highest BCUT2D eigenvalue weighted by atomic mass is 19.1. The Morgan fingerprint density at radius 3 is 2.71 bits per heavy atom. The van der Waals surface area contributed by atoms with Gasteiger partial charge in [-0.2, -0.15) is 0 Å². The van der Waals surface area contributed by atoms with Crippen LogP contribution in [-0.2, 0) is 11.2 Å². The highest BCUT2D eigenvalue weighted by molar-refractivity contribution is 5.67. The molecule has 0 bridgehead atoms. The molecule has 0 spiro atoms. The molecule has 0 saturated heterocycles. The Bertz CT molecular complexity index is 376. The van der Waals surface area contributed by atoms with Gasteiger partial charge in [0, 0.05) is 6.04 Å². The van der Waals surface area contributed by atoms with Crippen LogP contribution in [0.15, 0.2) is 36.9 Å². The molecule has 1 aromatic carbocycles. The molecular formula is C13H16FNO2. The molecule has 4 heteroatoms. The van der Waals surface area contributed by atoms with Gasteiger partial charge in [0.05, 0.1) is 7.11 Å². The van der Waals surface area contributed by atoms with E-state index in [9.17, 15) is 9.18 Å². The van der Waals surface area contributed by atoms with Gasteiger partial charge in [-0.25, -0.2) is 9.18 Å². The zero-order valence-corrected chi connectivity index (χ0v) is 9.78. The number of benzene rings is 1. The molecule has 0 saturated carbocycles. The second-order valence-electron chi connectivity index (χ2n) is 3.69. The van der Waals surface area contributed by atoms with Crippen LogP contribution in [0.1, 0.15) is 12.0 Å². The molecule has 1 N–H and O–H groups in total. The fraction of sp³-hybridized carbons (Fsp3) is 0.308. The molecule has 1 aromatic rings. The van der Waals surface area contributed by atoms with Crippen LogP contribution in [0.25, 0.3) is 0 Å². The number of alkyl carbamates (subject to hydrolysis) is 1. The van der Waals surface area contributed by atoms with E-state index in [-0.39, 0.29) is 11.9 Å². The quantitative estimate of drug-likeness (QED) is 0.799. The van der Waals surface area contributed by atoms with E-state index in [2.05, 4.69) is 16.6 Å². The summed E-state index contributed by atoms with van der Waals surface area (Å²) in [6, 6.07) is 6.11. The fourth-order valence-electron chi connectivity index (χ4n) is 1.53.